The van der Waals surface area contributed by atoms with Gasteiger partial charge in [0, 0.05) is 37.1 Å². The molecular formula is C13H17N3O. The van der Waals surface area contributed by atoms with Gasteiger partial charge in [-0.1, -0.05) is 12.1 Å². The number of benzene rings is 1. The molecule has 0 aliphatic rings. The lowest BCUT2D eigenvalue weighted by molar-refractivity contribution is 0.420. The van der Waals surface area contributed by atoms with Gasteiger partial charge in [0.15, 0.2) is 0 Å². The van der Waals surface area contributed by atoms with E-state index in [-0.39, 0.29) is 0 Å². The zero-order valence-corrected chi connectivity index (χ0v) is 10.2. The topological polar surface area (TPSA) is 51.4 Å². The number of aromatic nitrogens is 1. The number of nitrogens with zero attached hydrogens (tertiary/aromatic N) is 2. The monoisotopic (exact) mass is 231 g/mol. The van der Waals surface area contributed by atoms with Crippen molar-refractivity contribution in [3.05, 3.63) is 30.5 Å². The Balaban J connectivity index is 2.57. The molecule has 0 aliphatic carbocycles. The Morgan fingerprint density at radius 1 is 1.29 bits per heavy atom. The normalized spacial score (nSPS) is 10.5. The predicted molar refractivity (Wildman–Crippen MR) is 70.6 cm³/mol. The van der Waals surface area contributed by atoms with E-state index in [1.165, 1.54) is 0 Å². The summed E-state index contributed by atoms with van der Waals surface area (Å²) in [6, 6.07) is 7.94. The highest BCUT2D eigenvalue weighted by atomic mass is 16.5. The lowest BCUT2D eigenvalue weighted by atomic mass is 10.1. The molecule has 0 radical (unpaired) electrons. The van der Waals surface area contributed by atoms with Crippen molar-refractivity contribution in [2.75, 3.05) is 32.1 Å². The summed E-state index contributed by atoms with van der Waals surface area (Å²) in [5, 5.41) is 2.16. The first-order chi connectivity index (χ1) is 8.27. The maximum atomic E-state index is 5.57. The van der Waals surface area contributed by atoms with Crippen molar-refractivity contribution < 1.29 is 4.74 Å². The number of anilines is 1. The average molecular weight is 231 g/mol. The van der Waals surface area contributed by atoms with E-state index in [0.29, 0.717) is 6.54 Å². The molecule has 0 unspecified atom stereocenters. The first kappa shape index (κ1) is 11.7. The number of hydrogen-bond acceptors (Lipinski definition) is 4. The van der Waals surface area contributed by atoms with Crippen molar-refractivity contribution >= 4 is 16.6 Å². The molecule has 1 heterocycles. The third-order valence-electron chi connectivity index (χ3n) is 2.79. The Morgan fingerprint density at radius 2 is 2.12 bits per heavy atom. The minimum Gasteiger partial charge on any atom is -0.496 e. The number of pyridine rings is 1. The van der Waals surface area contributed by atoms with Crippen LogP contribution in [0.2, 0.25) is 0 Å². The first-order valence-electron chi connectivity index (χ1n) is 5.61. The van der Waals surface area contributed by atoms with Crippen LogP contribution in [-0.2, 0) is 0 Å². The molecule has 0 saturated heterocycles. The van der Waals surface area contributed by atoms with E-state index >= 15 is 0 Å². The lowest BCUT2D eigenvalue weighted by Crippen LogP contribution is -2.25. The van der Waals surface area contributed by atoms with Gasteiger partial charge >= 0.3 is 0 Å². The van der Waals surface area contributed by atoms with Crippen LogP contribution in [-0.4, -0.2) is 32.2 Å². The quantitative estimate of drug-likeness (QED) is 0.869. The maximum absolute atomic E-state index is 5.57. The van der Waals surface area contributed by atoms with Gasteiger partial charge in [-0.05, 0) is 12.1 Å². The standard InChI is InChI=1S/C13H17N3O/c1-16(9-7-14)13-11-4-3-5-12(17-2)10(11)6-8-15-13/h3-6,8H,7,9,14H2,1-2H3. The molecule has 0 amide bonds. The van der Waals surface area contributed by atoms with Gasteiger partial charge in [0.25, 0.3) is 0 Å². The molecule has 1 aromatic heterocycles. The van der Waals surface area contributed by atoms with Crippen molar-refractivity contribution in [1.29, 1.82) is 0 Å². The molecule has 1 aromatic carbocycles. The van der Waals surface area contributed by atoms with Crippen LogP contribution < -0.4 is 15.4 Å². The molecule has 0 saturated carbocycles. The number of rotatable bonds is 4. The summed E-state index contributed by atoms with van der Waals surface area (Å²) in [7, 11) is 3.67. The second-order valence-electron chi connectivity index (χ2n) is 3.90. The predicted octanol–water partition coefficient (Wildman–Crippen LogP) is 1.64. The molecule has 0 atom stereocenters. The summed E-state index contributed by atoms with van der Waals surface area (Å²) in [6.45, 7) is 1.39. The van der Waals surface area contributed by atoms with Gasteiger partial charge in [-0.2, -0.15) is 0 Å². The molecule has 17 heavy (non-hydrogen) atoms. The van der Waals surface area contributed by atoms with Crippen LogP contribution in [0.15, 0.2) is 30.5 Å². The van der Waals surface area contributed by atoms with E-state index in [1.54, 1.807) is 13.3 Å². The van der Waals surface area contributed by atoms with E-state index < -0.39 is 0 Å². The van der Waals surface area contributed by atoms with Crippen LogP contribution in [0.4, 0.5) is 5.82 Å². The summed E-state index contributed by atoms with van der Waals surface area (Å²) in [4.78, 5) is 6.47. The van der Waals surface area contributed by atoms with Crippen molar-refractivity contribution in [2.24, 2.45) is 5.73 Å². The van der Waals surface area contributed by atoms with Gasteiger partial charge in [-0.15, -0.1) is 0 Å². The number of hydrogen-bond donors (Lipinski definition) is 1. The molecule has 4 heteroatoms. The molecule has 2 aromatic rings. The molecule has 0 fully saturated rings. The zero-order chi connectivity index (χ0) is 12.3. The van der Waals surface area contributed by atoms with Crippen LogP contribution in [0.3, 0.4) is 0 Å². The first-order valence-corrected chi connectivity index (χ1v) is 5.61. The Morgan fingerprint density at radius 3 is 2.82 bits per heavy atom. The van der Waals surface area contributed by atoms with Crippen molar-refractivity contribution in [1.82, 2.24) is 4.98 Å². The van der Waals surface area contributed by atoms with Crippen LogP contribution in [0, 0.1) is 0 Å². The Bertz CT molecular complexity index is 513. The Labute approximate surface area is 101 Å². The lowest BCUT2D eigenvalue weighted by Gasteiger charge is -2.19. The fourth-order valence-electron chi connectivity index (χ4n) is 1.94. The van der Waals surface area contributed by atoms with Crippen LogP contribution >= 0.6 is 0 Å². The fraction of sp³-hybridized carbons (Fsp3) is 0.308. The SMILES string of the molecule is COc1cccc2c(N(C)CCN)nccc12. The number of fused-ring (bicyclic) bond motifs is 1. The van der Waals surface area contributed by atoms with E-state index in [2.05, 4.69) is 9.88 Å². The second kappa shape index (κ2) is 5.01. The Kier molecular flexibility index (Phi) is 3.44. The second-order valence-corrected chi connectivity index (χ2v) is 3.90. The number of ether oxygens (including phenoxy) is 1. The molecule has 0 bridgehead atoms. The van der Waals surface area contributed by atoms with Gasteiger partial charge in [0.2, 0.25) is 0 Å². The summed E-state index contributed by atoms with van der Waals surface area (Å²) < 4.78 is 5.35. The van der Waals surface area contributed by atoms with E-state index in [1.807, 2.05) is 31.3 Å². The summed E-state index contributed by atoms with van der Waals surface area (Å²) >= 11 is 0. The molecule has 4 nitrogen and oxygen atoms in total. The van der Waals surface area contributed by atoms with E-state index in [9.17, 15) is 0 Å². The fourth-order valence-corrected chi connectivity index (χ4v) is 1.94. The van der Waals surface area contributed by atoms with Crippen molar-refractivity contribution in [3.63, 3.8) is 0 Å². The molecule has 90 valence electrons. The molecule has 0 aliphatic heterocycles. The number of methoxy groups -OCH3 is 1. The van der Waals surface area contributed by atoms with Gasteiger partial charge < -0.3 is 15.4 Å². The summed E-state index contributed by atoms with van der Waals surface area (Å²) in [6.07, 6.45) is 1.80. The van der Waals surface area contributed by atoms with Gasteiger partial charge in [0.05, 0.1) is 7.11 Å². The van der Waals surface area contributed by atoms with E-state index in [0.717, 1.165) is 28.9 Å². The molecular weight excluding hydrogens is 214 g/mol. The highest BCUT2D eigenvalue weighted by Crippen LogP contribution is 2.30. The Hall–Kier alpha value is -1.81. The van der Waals surface area contributed by atoms with Crippen molar-refractivity contribution in [3.8, 4) is 5.75 Å². The third-order valence-corrected chi connectivity index (χ3v) is 2.79. The van der Waals surface area contributed by atoms with E-state index in [4.69, 9.17) is 10.5 Å². The highest BCUT2D eigenvalue weighted by molar-refractivity contribution is 5.96. The third kappa shape index (κ3) is 2.17. The number of likely N-dealkylation sites (N-methyl/N-ethyl adjacent to an activating group) is 1. The molecule has 0 spiro atoms. The average Bonchev–Trinajstić information content (AvgIpc) is 2.37. The summed E-state index contributed by atoms with van der Waals surface area (Å²) in [5.74, 6) is 1.80. The molecule has 2 rings (SSSR count). The van der Waals surface area contributed by atoms with Crippen molar-refractivity contribution in [2.45, 2.75) is 0 Å². The summed E-state index contributed by atoms with van der Waals surface area (Å²) in [5.41, 5.74) is 5.57. The highest BCUT2D eigenvalue weighted by Gasteiger charge is 2.09. The van der Waals surface area contributed by atoms with Crippen LogP contribution in [0.25, 0.3) is 10.8 Å². The number of nitrogens with two attached hydrogens (primary N) is 1. The van der Waals surface area contributed by atoms with Crippen LogP contribution in [0.1, 0.15) is 0 Å². The van der Waals surface area contributed by atoms with Gasteiger partial charge in [-0.3, -0.25) is 0 Å². The smallest absolute Gasteiger partial charge is 0.136 e. The minimum absolute atomic E-state index is 0.610. The van der Waals surface area contributed by atoms with Gasteiger partial charge in [0.1, 0.15) is 11.6 Å². The minimum atomic E-state index is 0.610. The zero-order valence-electron chi connectivity index (χ0n) is 10.2. The van der Waals surface area contributed by atoms with Crippen LogP contribution in [0.5, 0.6) is 5.75 Å². The largest absolute Gasteiger partial charge is 0.496 e. The maximum Gasteiger partial charge on any atom is 0.136 e. The van der Waals surface area contributed by atoms with Gasteiger partial charge in [-0.25, -0.2) is 4.98 Å². The molecule has 2 N–H and O–H groups in total.